The van der Waals surface area contributed by atoms with Crippen molar-refractivity contribution in [3.8, 4) is 0 Å². The van der Waals surface area contributed by atoms with E-state index in [2.05, 4.69) is 43.1 Å². The summed E-state index contributed by atoms with van der Waals surface area (Å²) in [4.78, 5) is 5.58. The van der Waals surface area contributed by atoms with Crippen molar-refractivity contribution < 1.29 is 0 Å². The molecule has 0 spiro atoms. The van der Waals surface area contributed by atoms with Crippen molar-refractivity contribution >= 4 is 11.3 Å². The van der Waals surface area contributed by atoms with Gasteiger partial charge in [-0.05, 0) is 58.3 Å². The Morgan fingerprint density at radius 1 is 1.50 bits per heavy atom. The summed E-state index contributed by atoms with van der Waals surface area (Å²) in [6, 6.07) is 5.82. The molecular weight excluding hydrogens is 240 g/mol. The molecule has 1 N–H and O–H groups in total. The number of nitrogens with zero attached hydrogens (tertiary/aromatic N) is 1. The van der Waals surface area contributed by atoms with Gasteiger partial charge in [-0.15, -0.1) is 11.3 Å². The van der Waals surface area contributed by atoms with Gasteiger partial charge in [0.1, 0.15) is 0 Å². The molecule has 0 amide bonds. The Hall–Kier alpha value is -0.380. The minimum absolute atomic E-state index is 0.579. The molecule has 3 heteroatoms. The zero-order chi connectivity index (χ0) is 13.0. The van der Waals surface area contributed by atoms with Crippen LogP contribution in [-0.2, 0) is 0 Å². The van der Waals surface area contributed by atoms with Gasteiger partial charge in [-0.2, -0.15) is 0 Å². The van der Waals surface area contributed by atoms with Gasteiger partial charge in [0, 0.05) is 28.4 Å². The quantitative estimate of drug-likeness (QED) is 0.876. The molecule has 0 aromatic carbocycles. The predicted octanol–water partition coefficient (Wildman–Crippen LogP) is 3.58. The third-order valence-corrected chi connectivity index (χ3v) is 5.03. The molecule has 0 aliphatic carbocycles. The number of rotatable bonds is 5. The van der Waals surface area contributed by atoms with Gasteiger partial charge in [-0.3, -0.25) is 4.90 Å². The Balaban J connectivity index is 1.91. The van der Waals surface area contributed by atoms with Crippen LogP contribution in [0, 0.1) is 6.92 Å². The Kier molecular flexibility index (Phi) is 5.22. The lowest BCUT2D eigenvalue weighted by molar-refractivity contribution is 0.148. The van der Waals surface area contributed by atoms with Gasteiger partial charge in [0.2, 0.25) is 0 Å². The summed E-state index contributed by atoms with van der Waals surface area (Å²) in [7, 11) is 0. The molecule has 1 aromatic heterocycles. The molecule has 2 heterocycles. The molecule has 2 unspecified atom stereocenters. The van der Waals surface area contributed by atoms with Crippen molar-refractivity contribution in [2.45, 2.75) is 52.1 Å². The first-order valence-corrected chi connectivity index (χ1v) is 8.06. The first kappa shape index (κ1) is 14.0. The summed E-state index contributed by atoms with van der Waals surface area (Å²) >= 11 is 1.95. The number of hydrogen-bond acceptors (Lipinski definition) is 3. The van der Waals surface area contributed by atoms with Crippen molar-refractivity contribution in [1.29, 1.82) is 0 Å². The van der Waals surface area contributed by atoms with E-state index in [0.717, 1.165) is 6.54 Å². The number of nitrogens with one attached hydrogen (secondary N) is 1. The van der Waals surface area contributed by atoms with Gasteiger partial charge in [0.05, 0.1) is 0 Å². The molecular formula is C15H26N2S. The predicted molar refractivity (Wildman–Crippen MR) is 80.4 cm³/mol. The maximum atomic E-state index is 3.67. The van der Waals surface area contributed by atoms with Gasteiger partial charge in [0.15, 0.2) is 0 Å². The van der Waals surface area contributed by atoms with Gasteiger partial charge in [-0.25, -0.2) is 0 Å². The first-order valence-electron chi connectivity index (χ1n) is 7.24. The van der Waals surface area contributed by atoms with Crippen LogP contribution in [0.4, 0.5) is 0 Å². The van der Waals surface area contributed by atoms with E-state index in [4.69, 9.17) is 0 Å². The molecule has 18 heavy (non-hydrogen) atoms. The molecule has 2 nitrogen and oxygen atoms in total. The van der Waals surface area contributed by atoms with E-state index in [1.54, 1.807) is 0 Å². The molecule has 0 saturated carbocycles. The van der Waals surface area contributed by atoms with Crippen LogP contribution < -0.4 is 5.32 Å². The monoisotopic (exact) mass is 266 g/mol. The maximum Gasteiger partial charge on any atom is 0.0414 e. The second-order valence-corrected chi connectivity index (χ2v) is 6.73. The van der Waals surface area contributed by atoms with Crippen molar-refractivity contribution in [3.63, 3.8) is 0 Å². The topological polar surface area (TPSA) is 15.3 Å². The fraction of sp³-hybridized carbons (Fsp3) is 0.733. The standard InChI is InChI=1S/C15H26N2S/c1-4-9-16-14-6-5-10-17(11-14)13(3)15-8-7-12(2)18-15/h7-8,13-14,16H,4-6,9-11H2,1-3H3. The summed E-state index contributed by atoms with van der Waals surface area (Å²) in [5.41, 5.74) is 0. The summed E-state index contributed by atoms with van der Waals surface area (Å²) in [6.45, 7) is 10.4. The number of likely N-dealkylation sites (tertiary alicyclic amines) is 1. The highest BCUT2D eigenvalue weighted by molar-refractivity contribution is 7.12. The summed E-state index contributed by atoms with van der Waals surface area (Å²) in [6.07, 6.45) is 3.90. The van der Waals surface area contributed by atoms with E-state index in [9.17, 15) is 0 Å². The highest BCUT2D eigenvalue weighted by Gasteiger charge is 2.24. The van der Waals surface area contributed by atoms with Crippen molar-refractivity contribution in [2.75, 3.05) is 19.6 Å². The van der Waals surface area contributed by atoms with Crippen LogP contribution in [-0.4, -0.2) is 30.6 Å². The molecule has 2 rings (SSSR count). The molecule has 1 saturated heterocycles. The van der Waals surface area contributed by atoms with Crippen LogP contribution in [0.3, 0.4) is 0 Å². The van der Waals surface area contributed by atoms with Crippen molar-refractivity contribution in [1.82, 2.24) is 10.2 Å². The fourth-order valence-corrected chi connectivity index (χ4v) is 3.69. The normalized spacial score (nSPS) is 23.2. The van der Waals surface area contributed by atoms with E-state index in [0.29, 0.717) is 12.1 Å². The third-order valence-electron chi connectivity index (χ3n) is 3.86. The smallest absolute Gasteiger partial charge is 0.0414 e. The zero-order valence-corrected chi connectivity index (χ0v) is 12.7. The van der Waals surface area contributed by atoms with Crippen LogP contribution >= 0.6 is 11.3 Å². The fourth-order valence-electron chi connectivity index (χ4n) is 2.73. The average Bonchev–Trinajstić information content (AvgIpc) is 2.82. The minimum Gasteiger partial charge on any atom is -0.313 e. The van der Waals surface area contributed by atoms with E-state index in [-0.39, 0.29) is 0 Å². The van der Waals surface area contributed by atoms with Crippen molar-refractivity contribution in [3.05, 3.63) is 21.9 Å². The second-order valence-electron chi connectivity index (χ2n) is 5.41. The van der Waals surface area contributed by atoms with E-state index in [1.807, 2.05) is 11.3 Å². The van der Waals surface area contributed by atoms with Gasteiger partial charge < -0.3 is 5.32 Å². The summed E-state index contributed by atoms with van der Waals surface area (Å²) < 4.78 is 0. The Labute approximate surface area is 115 Å². The minimum atomic E-state index is 0.579. The summed E-state index contributed by atoms with van der Waals surface area (Å²) in [5.74, 6) is 0. The van der Waals surface area contributed by atoms with Crippen LogP contribution in [0.1, 0.15) is 48.9 Å². The number of thiophene rings is 1. The summed E-state index contributed by atoms with van der Waals surface area (Å²) in [5, 5.41) is 3.67. The molecule has 1 aromatic rings. The van der Waals surface area contributed by atoms with E-state index < -0.39 is 0 Å². The maximum absolute atomic E-state index is 3.67. The molecule has 102 valence electrons. The van der Waals surface area contributed by atoms with E-state index in [1.165, 1.54) is 42.1 Å². The van der Waals surface area contributed by atoms with E-state index >= 15 is 0 Å². The van der Waals surface area contributed by atoms with Crippen LogP contribution in [0.25, 0.3) is 0 Å². The third kappa shape index (κ3) is 3.56. The van der Waals surface area contributed by atoms with Gasteiger partial charge in [-0.1, -0.05) is 6.92 Å². The SMILES string of the molecule is CCCNC1CCCN(C(C)c2ccc(C)s2)C1. The molecule has 1 aliphatic rings. The van der Waals surface area contributed by atoms with Crippen LogP contribution in [0.15, 0.2) is 12.1 Å². The number of piperidine rings is 1. The average molecular weight is 266 g/mol. The Morgan fingerprint density at radius 3 is 3.00 bits per heavy atom. The Morgan fingerprint density at radius 2 is 2.33 bits per heavy atom. The molecule has 2 atom stereocenters. The lowest BCUT2D eigenvalue weighted by Gasteiger charge is -2.36. The van der Waals surface area contributed by atoms with Crippen LogP contribution in [0.2, 0.25) is 0 Å². The van der Waals surface area contributed by atoms with Crippen LogP contribution in [0.5, 0.6) is 0 Å². The lowest BCUT2D eigenvalue weighted by atomic mass is 10.0. The molecule has 1 fully saturated rings. The molecule has 0 radical (unpaired) electrons. The first-order chi connectivity index (χ1) is 8.70. The largest absolute Gasteiger partial charge is 0.313 e. The zero-order valence-electron chi connectivity index (χ0n) is 11.9. The second kappa shape index (κ2) is 6.69. The van der Waals surface area contributed by atoms with Gasteiger partial charge in [0.25, 0.3) is 0 Å². The van der Waals surface area contributed by atoms with Gasteiger partial charge >= 0.3 is 0 Å². The number of hydrogen-bond donors (Lipinski definition) is 1. The number of aryl methyl sites for hydroxylation is 1. The molecule has 1 aliphatic heterocycles. The van der Waals surface area contributed by atoms with Crippen molar-refractivity contribution in [2.24, 2.45) is 0 Å². The molecule has 0 bridgehead atoms. The lowest BCUT2D eigenvalue weighted by Crippen LogP contribution is -2.46. The highest BCUT2D eigenvalue weighted by atomic mass is 32.1. The Bertz CT molecular complexity index is 361. The highest BCUT2D eigenvalue weighted by Crippen LogP contribution is 2.29.